The SMILES string of the molecule is CC(Sc1nc(-c2cccs2)nc2ccccc12)C(=O)N(C)c1ccccc1. The average molecular weight is 406 g/mol. The Hall–Kier alpha value is -2.70. The molecule has 0 bridgehead atoms. The van der Waals surface area contributed by atoms with Crippen molar-refractivity contribution in [1.82, 2.24) is 9.97 Å². The largest absolute Gasteiger partial charge is 0.315 e. The second kappa shape index (κ2) is 8.12. The molecule has 0 spiro atoms. The number of nitrogens with zero attached hydrogens (tertiary/aromatic N) is 3. The Morgan fingerprint density at radius 2 is 1.75 bits per heavy atom. The van der Waals surface area contributed by atoms with Crippen LogP contribution >= 0.6 is 23.1 Å². The predicted octanol–water partition coefficient (Wildman–Crippen LogP) is 5.50. The van der Waals surface area contributed by atoms with Crippen LogP contribution in [-0.2, 0) is 4.79 Å². The average Bonchev–Trinajstić information content (AvgIpc) is 3.28. The molecule has 1 amide bonds. The van der Waals surface area contributed by atoms with Crippen LogP contribution in [0.2, 0.25) is 0 Å². The number of carbonyl (C=O) groups is 1. The number of carbonyl (C=O) groups excluding carboxylic acids is 1. The number of benzene rings is 2. The van der Waals surface area contributed by atoms with Gasteiger partial charge in [0.25, 0.3) is 0 Å². The van der Waals surface area contributed by atoms with Crippen LogP contribution in [0, 0.1) is 0 Å². The monoisotopic (exact) mass is 405 g/mol. The Bertz CT molecular complexity index is 1100. The lowest BCUT2D eigenvalue weighted by atomic mass is 10.2. The second-order valence-electron chi connectivity index (χ2n) is 6.34. The third kappa shape index (κ3) is 3.79. The minimum atomic E-state index is -0.278. The van der Waals surface area contributed by atoms with Gasteiger partial charge in [0.05, 0.1) is 15.6 Å². The van der Waals surface area contributed by atoms with Gasteiger partial charge in [-0.1, -0.05) is 54.2 Å². The fraction of sp³-hybridized carbons (Fsp3) is 0.136. The van der Waals surface area contributed by atoms with Gasteiger partial charge in [0.1, 0.15) is 5.03 Å². The normalized spacial score (nSPS) is 12.1. The summed E-state index contributed by atoms with van der Waals surface area (Å²) in [6.45, 7) is 1.92. The number of anilines is 1. The molecule has 0 aliphatic heterocycles. The number of para-hydroxylation sites is 2. The molecular weight excluding hydrogens is 386 g/mol. The summed E-state index contributed by atoms with van der Waals surface area (Å²) in [5.41, 5.74) is 1.77. The van der Waals surface area contributed by atoms with Crippen LogP contribution in [0.25, 0.3) is 21.6 Å². The molecule has 4 rings (SSSR count). The van der Waals surface area contributed by atoms with Crippen molar-refractivity contribution in [3.05, 3.63) is 72.1 Å². The summed E-state index contributed by atoms with van der Waals surface area (Å²) in [7, 11) is 1.81. The van der Waals surface area contributed by atoms with Crippen molar-refractivity contribution in [1.29, 1.82) is 0 Å². The number of hydrogen-bond acceptors (Lipinski definition) is 5. The predicted molar refractivity (Wildman–Crippen MR) is 118 cm³/mol. The zero-order valence-electron chi connectivity index (χ0n) is 15.6. The smallest absolute Gasteiger partial charge is 0.239 e. The van der Waals surface area contributed by atoms with Crippen LogP contribution in [0.1, 0.15) is 6.92 Å². The van der Waals surface area contributed by atoms with Gasteiger partial charge in [0.2, 0.25) is 5.91 Å². The summed E-state index contributed by atoms with van der Waals surface area (Å²) in [5.74, 6) is 0.740. The molecule has 0 aliphatic rings. The Morgan fingerprint density at radius 1 is 1.00 bits per heavy atom. The molecule has 2 heterocycles. The molecule has 2 aromatic carbocycles. The zero-order chi connectivity index (χ0) is 19.5. The van der Waals surface area contributed by atoms with Crippen LogP contribution in [0.4, 0.5) is 5.69 Å². The van der Waals surface area contributed by atoms with Gasteiger partial charge in [-0.3, -0.25) is 4.79 Å². The molecule has 0 radical (unpaired) electrons. The van der Waals surface area contributed by atoms with E-state index in [1.807, 2.05) is 86.1 Å². The third-order valence-corrected chi connectivity index (χ3v) is 6.38. The van der Waals surface area contributed by atoms with Gasteiger partial charge in [-0.05, 0) is 36.6 Å². The first kappa shape index (κ1) is 18.7. The number of aromatic nitrogens is 2. The van der Waals surface area contributed by atoms with Crippen molar-refractivity contribution in [2.45, 2.75) is 17.2 Å². The lowest BCUT2D eigenvalue weighted by Gasteiger charge is -2.21. The molecule has 0 N–H and O–H groups in total. The summed E-state index contributed by atoms with van der Waals surface area (Å²) in [5, 5.41) is 3.53. The van der Waals surface area contributed by atoms with Crippen molar-refractivity contribution >= 4 is 45.6 Å². The van der Waals surface area contributed by atoms with E-state index in [1.54, 1.807) is 16.2 Å². The number of rotatable bonds is 5. The van der Waals surface area contributed by atoms with Gasteiger partial charge < -0.3 is 4.90 Å². The number of hydrogen-bond donors (Lipinski definition) is 0. The highest BCUT2D eigenvalue weighted by molar-refractivity contribution is 8.00. The highest BCUT2D eigenvalue weighted by Crippen LogP contribution is 2.33. The standard InChI is InChI=1S/C22H19N3OS2/c1-15(22(26)25(2)16-9-4-3-5-10-16)28-21-17-11-6-7-12-18(17)23-20(24-21)19-13-8-14-27-19/h3-15H,1-2H3. The molecule has 4 nitrogen and oxygen atoms in total. The molecule has 0 fully saturated rings. The molecular formula is C22H19N3OS2. The topological polar surface area (TPSA) is 46.1 Å². The fourth-order valence-corrected chi connectivity index (χ4v) is 4.61. The molecule has 28 heavy (non-hydrogen) atoms. The number of thiophene rings is 1. The highest BCUT2D eigenvalue weighted by atomic mass is 32.2. The van der Waals surface area contributed by atoms with E-state index in [0.29, 0.717) is 5.82 Å². The second-order valence-corrected chi connectivity index (χ2v) is 8.62. The number of fused-ring (bicyclic) bond motifs is 1. The minimum absolute atomic E-state index is 0.0385. The Labute approximate surface area is 172 Å². The van der Waals surface area contributed by atoms with E-state index in [1.165, 1.54) is 11.8 Å². The van der Waals surface area contributed by atoms with Crippen LogP contribution < -0.4 is 4.90 Å². The van der Waals surface area contributed by atoms with E-state index >= 15 is 0 Å². The number of amides is 1. The van der Waals surface area contributed by atoms with Crippen LogP contribution in [0.15, 0.2) is 77.1 Å². The molecule has 140 valence electrons. The summed E-state index contributed by atoms with van der Waals surface area (Å²) >= 11 is 3.09. The van der Waals surface area contributed by atoms with E-state index in [-0.39, 0.29) is 11.2 Å². The molecule has 6 heteroatoms. The maximum Gasteiger partial charge on any atom is 0.239 e. The van der Waals surface area contributed by atoms with Gasteiger partial charge in [-0.2, -0.15) is 0 Å². The first-order valence-electron chi connectivity index (χ1n) is 8.93. The summed E-state index contributed by atoms with van der Waals surface area (Å²) in [6, 6.07) is 21.6. The van der Waals surface area contributed by atoms with E-state index in [9.17, 15) is 4.79 Å². The lowest BCUT2D eigenvalue weighted by molar-refractivity contribution is -0.117. The molecule has 2 aromatic heterocycles. The van der Waals surface area contributed by atoms with Crippen LogP contribution in [-0.4, -0.2) is 28.2 Å². The van der Waals surface area contributed by atoms with E-state index < -0.39 is 0 Å². The molecule has 4 aromatic rings. The summed E-state index contributed by atoms with van der Waals surface area (Å²) in [6.07, 6.45) is 0. The van der Waals surface area contributed by atoms with Gasteiger partial charge in [-0.25, -0.2) is 9.97 Å². The van der Waals surface area contributed by atoms with E-state index in [0.717, 1.165) is 26.5 Å². The number of thioether (sulfide) groups is 1. The fourth-order valence-electron chi connectivity index (χ4n) is 2.92. The van der Waals surface area contributed by atoms with Crippen molar-refractivity contribution in [3.63, 3.8) is 0 Å². The molecule has 0 aliphatic carbocycles. The Morgan fingerprint density at radius 3 is 2.50 bits per heavy atom. The summed E-state index contributed by atoms with van der Waals surface area (Å²) in [4.78, 5) is 25.2. The third-order valence-electron chi connectivity index (χ3n) is 4.42. The highest BCUT2D eigenvalue weighted by Gasteiger charge is 2.22. The molecule has 0 saturated heterocycles. The lowest BCUT2D eigenvalue weighted by Crippen LogP contribution is -2.33. The maximum absolute atomic E-state index is 13.0. The van der Waals surface area contributed by atoms with Crippen LogP contribution in [0.3, 0.4) is 0 Å². The Kier molecular flexibility index (Phi) is 5.41. The van der Waals surface area contributed by atoms with Crippen molar-refractivity contribution in [2.24, 2.45) is 0 Å². The minimum Gasteiger partial charge on any atom is -0.315 e. The quantitative estimate of drug-likeness (QED) is 0.325. The van der Waals surface area contributed by atoms with Crippen molar-refractivity contribution < 1.29 is 4.79 Å². The van der Waals surface area contributed by atoms with Crippen LogP contribution in [0.5, 0.6) is 0 Å². The van der Waals surface area contributed by atoms with Crippen molar-refractivity contribution in [3.8, 4) is 10.7 Å². The molecule has 1 atom stereocenters. The van der Waals surface area contributed by atoms with Gasteiger partial charge in [0, 0.05) is 18.1 Å². The van der Waals surface area contributed by atoms with E-state index in [2.05, 4.69) is 0 Å². The van der Waals surface area contributed by atoms with Gasteiger partial charge >= 0.3 is 0 Å². The van der Waals surface area contributed by atoms with E-state index in [4.69, 9.17) is 9.97 Å². The molecule has 0 saturated carbocycles. The first-order valence-corrected chi connectivity index (χ1v) is 10.7. The van der Waals surface area contributed by atoms with Gasteiger partial charge in [-0.15, -0.1) is 11.3 Å². The zero-order valence-corrected chi connectivity index (χ0v) is 17.2. The first-order chi connectivity index (χ1) is 13.6. The molecule has 1 unspecified atom stereocenters. The van der Waals surface area contributed by atoms with Gasteiger partial charge in [0.15, 0.2) is 5.82 Å². The Balaban J connectivity index is 1.66. The summed E-state index contributed by atoms with van der Waals surface area (Å²) < 4.78 is 0. The van der Waals surface area contributed by atoms with Crippen molar-refractivity contribution in [2.75, 3.05) is 11.9 Å². The maximum atomic E-state index is 13.0.